The third kappa shape index (κ3) is 3.09. The summed E-state index contributed by atoms with van der Waals surface area (Å²) in [7, 11) is 0. The molecule has 0 aliphatic rings. The molecule has 0 bridgehead atoms. The van der Waals surface area contributed by atoms with E-state index in [1.54, 1.807) is 4.68 Å². The number of nitrogen functional groups attached to an aromatic ring is 1. The zero-order valence-corrected chi connectivity index (χ0v) is 13.2. The van der Waals surface area contributed by atoms with E-state index in [0.29, 0.717) is 5.69 Å². The average molecular weight is 290 g/mol. The molecular formula is C15H22N4O2. The Morgan fingerprint density at radius 3 is 2.57 bits per heavy atom. The number of nitrogens with two attached hydrogens (primary N) is 1. The van der Waals surface area contributed by atoms with Gasteiger partial charge in [-0.3, -0.25) is 9.48 Å². The van der Waals surface area contributed by atoms with Crippen LogP contribution < -0.4 is 11.1 Å². The number of rotatable bonds is 4. The highest BCUT2D eigenvalue weighted by Gasteiger charge is 2.17. The van der Waals surface area contributed by atoms with Crippen molar-refractivity contribution in [2.24, 2.45) is 0 Å². The van der Waals surface area contributed by atoms with Crippen molar-refractivity contribution in [2.45, 2.75) is 47.2 Å². The highest BCUT2D eigenvalue weighted by Crippen LogP contribution is 2.21. The molecule has 0 saturated carbocycles. The molecule has 1 unspecified atom stereocenters. The van der Waals surface area contributed by atoms with Crippen molar-refractivity contribution in [2.75, 3.05) is 5.73 Å². The van der Waals surface area contributed by atoms with Gasteiger partial charge >= 0.3 is 0 Å². The van der Waals surface area contributed by atoms with E-state index in [9.17, 15) is 4.79 Å². The second-order valence-corrected chi connectivity index (χ2v) is 5.40. The Bertz CT molecular complexity index is 670. The van der Waals surface area contributed by atoms with Crippen molar-refractivity contribution < 1.29 is 9.21 Å². The third-order valence-electron chi connectivity index (χ3n) is 3.65. The molecule has 21 heavy (non-hydrogen) atoms. The molecule has 0 aliphatic heterocycles. The second kappa shape index (κ2) is 5.63. The normalized spacial score (nSPS) is 12.4. The standard InChI is InChI=1S/C15H22N4O2/c1-8-6-13(12(5)21-8)9(2)17-14(20)7-19-11(4)15(16)10(3)18-19/h6,9H,7,16H2,1-5H3,(H,17,20). The fourth-order valence-electron chi connectivity index (χ4n) is 2.45. The molecule has 1 amide bonds. The number of nitrogens with one attached hydrogen (secondary N) is 1. The lowest BCUT2D eigenvalue weighted by Gasteiger charge is -2.13. The summed E-state index contributed by atoms with van der Waals surface area (Å²) in [5.74, 6) is 1.57. The highest BCUT2D eigenvalue weighted by molar-refractivity contribution is 5.76. The van der Waals surface area contributed by atoms with E-state index in [2.05, 4.69) is 10.4 Å². The summed E-state index contributed by atoms with van der Waals surface area (Å²) >= 11 is 0. The fourth-order valence-corrected chi connectivity index (χ4v) is 2.45. The van der Waals surface area contributed by atoms with E-state index in [1.807, 2.05) is 40.7 Å². The lowest BCUT2D eigenvalue weighted by Crippen LogP contribution is -2.30. The summed E-state index contributed by atoms with van der Waals surface area (Å²) in [5, 5.41) is 7.22. The van der Waals surface area contributed by atoms with Gasteiger partial charge in [-0.25, -0.2) is 0 Å². The molecule has 0 aromatic carbocycles. The predicted molar refractivity (Wildman–Crippen MR) is 80.9 cm³/mol. The zero-order chi connectivity index (χ0) is 15.7. The van der Waals surface area contributed by atoms with Gasteiger partial charge in [-0.1, -0.05) is 0 Å². The maximum atomic E-state index is 12.1. The number of hydrogen-bond acceptors (Lipinski definition) is 4. The van der Waals surface area contributed by atoms with Crippen molar-refractivity contribution in [1.82, 2.24) is 15.1 Å². The first kappa shape index (κ1) is 15.2. The number of aromatic nitrogens is 2. The smallest absolute Gasteiger partial charge is 0.242 e. The first-order chi connectivity index (χ1) is 9.79. The Morgan fingerprint density at radius 1 is 1.43 bits per heavy atom. The number of anilines is 1. The first-order valence-electron chi connectivity index (χ1n) is 6.95. The first-order valence-corrected chi connectivity index (χ1v) is 6.95. The number of nitrogens with zero attached hydrogens (tertiary/aromatic N) is 2. The van der Waals surface area contributed by atoms with Crippen molar-refractivity contribution in [1.29, 1.82) is 0 Å². The van der Waals surface area contributed by atoms with Gasteiger partial charge in [0.25, 0.3) is 0 Å². The van der Waals surface area contributed by atoms with Gasteiger partial charge < -0.3 is 15.5 Å². The largest absolute Gasteiger partial charge is 0.466 e. The molecule has 0 saturated heterocycles. The number of amides is 1. The molecule has 3 N–H and O–H groups in total. The van der Waals surface area contributed by atoms with Crippen LogP contribution in [0, 0.1) is 27.7 Å². The Morgan fingerprint density at radius 2 is 2.10 bits per heavy atom. The van der Waals surface area contributed by atoms with Crippen molar-refractivity contribution in [3.8, 4) is 0 Å². The van der Waals surface area contributed by atoms with E-state index >= 15 is 0 Å². The Balaban J connectivity index is 2.04. The maximum absolute atomic E-state index is 12.1. The Hall–Kier alpha value is -2.24. The fraction of sp³-hybridized carbons (Fsp3) is 0.467. The van der Waals surface area contributed by atoms with Gasteiger partial charge in [0.2, 0.25) is 5.91 Å². The monoisotopic (exact) mass is 290 g/mol. The minimum atomic E-state index is -0.107. The second-order valence-electron chi connectivity index (χ2n) is 5.40. The molecule has 2 heterocycles. The average Bonchev–Trinajstić information content (AvgIpc) is 2.84. The molecule has 0 fully saturated rings. The third-order valence-corrected chi connectivity index (χ3v) is 3.65. The minimum absolute atomic E-state index is 0.105. The summed E-state index contributed by atoms with van der Waals surface area (Å²) in [6.07, 6.45) is 0. The van der Waals surface area contributed by atoms with Crippen LogP contribution in [0.2, 0.25) is 0 Å². The molecule has 2 rings (SSSR count). The van der Waals surface area contributed by atoms with Crippen molar-refractivity contribution in [3.63, 3.8) is 0 Å². The van der Waals surface area contributed by atoms with E-state index in [4.69, 9.17) is 10.2 Å². The van der Waals surface area contributed by atoms with Crippen LogP contribution in [0.1, 0.15) is 41.4 Å². The topological polar surface area (TPSA) is 86.1 Å². The lowest BCUT2D eigenvalue weighted by molar-refractivity contribution is -0.122. The molecule has 2 aromatic heterocycles. The summed E-state index contributed by atoms with van der Waals surface area (Å²) < 4.78 is 7.11. The summed E-state index contributed by atoms with van der Waals surface area (Å²) in [6.45, 7) is 9.57. The summed E-state index contributed by atoms with van der Waals surface area (Å²) in [4.78, 5) is 12.1. The Labute approximate surface area is 124 Å². The van der Waals surface area contributed by atoms with Crippen LogP contribution >= 0.6 is 0 Å². The lowest BCUT2D eigenvalue weighted by atomic mass is 10.1. The molecule has 114 valence electrons. The van der Waals surface area contributed by atoms with Crippen LogP contribution in [0.5, 0.6) is 0 Å². The van der Waals surface area contributed by atoms with Gasteiger partial charge in [0, 0.05) is 5.56 Å². The van der Waals surface area contributed by atoms with Crippen molar-refractivity contribution in [3.05, 3.63) is 34.5 Å². The summed E-state index contributed by atoms with van der Waals surface area (Å²) in [5.41, 5.74) is 9.05. The zero-order valence-electron chi connectivity index (χ0n) is 13.2. The number of furan rings is 1. The molecule has 0 radical (unpaired) electrons. The highest BCUT2D eigenvalue weighted by atomic mass is 16.3. The molecule has 6 nitrogen and oxygen atoms in total. The van der Waals surface area contributed by atoms with Gasteiger partial charge in [0.05, 0.1) is 23.1 Å². The van der Waals surface area contributed by atoms with Gasteiger partial charge in [-0.2, -0.15) is 5.10 Å². The van der Waals surface area contributed by atoms with Crippen molar-refractivity contribution >= 4 is 11.6 Å². The molecular weight excluding hydrogens is 268 g/mol. The van der Waals surface area contributed by atoms with E-state index in [0.717, 1.165) is 28.5 Å². The van der Waals surface area contributed by atoms with Crippen LogP contribution in [-0.2, 0) is 11.3 Å². The van der Waals surface area contributed by atoms with E-state index in [1.165, 1.54) is 0 Å². The van der Waals surface area contributed by atoms with E-state index < -0.39 is 0 Å². The molecule has 6 heteroatoms. The van der Waals surface area contributed by atoms with Crippen LogP contribution in [0.25, 0.3) is 0 Å². The molecule has 1 atom stereocenters. The van der Waals surface area contributed by atoms with Crippen LogP contribution in [0.15, 0.2) is 10.5 Å². The van der Waals surface area contributed by atoms with Crippen LogP contribution in [-0.4, -0.2) is 15.7 Å². The molecule has 0 aliphatic carbocycles. The quantitative estimate of drug-likeness (QED) is 0.903. The predicted octanol–water partition coefficient (Wildman–Crippen LogP) is 2.17. The van der Waals surface area contributed by atoms with Gasteiger partial charge in [0.1, 0.15) is 18.1 Å². The minimum Gasteiger partial charge on any atom is -0.466 e. The maximum Gasteiger partial charge on any atom is 0.242 e. The van der Waals surface area contributed by atoms with Crippen LogP contribution in [0.4, 0.5) is 5.69 Å². The van der Waals surface area contributed by atoms with Gasteiger partial charge in [-0.15, -0.1) is 0 Å². The number of hydrogen-bond donors (Lipinski definition) is 2. The number of aryl methyl sites for hydroxylation is 3. The Kier molecular flexibility index (Phi) is 4.06. The number of carbonyl (C=O) groups is 1. The summed E-state index contributed by atoms with van der Waals surface area (Å²) in [6, 6.07) is 1.84. The molecule has 0 spiro atoms. The van der Waals surface area contributed by atoms with Gasteiger partial charge in [-0.05, 0) is 40.7 Å². The molecule has 2 aromatic rings. The van der Waals surface area contributed by atoms with E-state index in [-0.39, 0.29) is 18.5 Å². The SMILES string of the molecule is Cc1cc(C(C)NC(=O)Cn2nc(C)c(N)c2C)c(C)o1. The number of carbonyl (C=O) groups excluding carboxylic acids is 1. The van der Waals surface area contributed by atoms with Crippen LogP contribution in [0.3, 0.4) is 0 Å². The van der Waals surface area contributed by atoms with Gasteiger partial charge in [0.15, 0.2) is 0 Å².